The van der Waals surface area contributed by atoms with Crippen molar-refractivity contribution in [1.82, 2.24) is 0 Å². The van der Waals surface area contributed by atoms with Crippen molar-refractivity contribution in [2.24, 2.45) is 0 Å². The lowest BCUT2D eigenvalue weighted by Gasteiger charge is -2.14. The summed E-state index contributed by atoms with van der Waals surface area (Å²) in [5.74, 6) is 1.27. The van der Waals surface area contributed by atoms with Gasteiger partial charge in [0.15, 0.2) is 6.10 Å². The van der Waals surface area contributed by atoms with Crippen molar-refractivity contribution >= 4 is 11.6 Å². The number of fused-ring (bicyclic) bond motifs is 1. The highest BCUT2D eigenvalue weighted by atomic mass is 16.5. The van der Waals surface area contributed by atoms with E-state index >= 15 is 0 Å². The van der Waals surface area contributed by atoms with Crippen molar-refractivity contribution in [2.45, 2.75) is 19.4 Å². The van der Waals surface area contributed by atoms with Crippen LogP contribution in [0.1, 0.15) is 11.1 Å². The molecule has 0 aliphatic carbocycles. The van der Waals surface area contributed by atoms with E-state index in [0.717, 1.165) is 16.9 Å². The standard InChI is InChI=1S/C17H17NO3/c1-11-7-8-15(20-2)13(9-11)18-17(19)16-10-12-5-3-4-6-14(12)21-16/h3-9,16H,10H2,1-2H3,(H,18,19)/t16-/m0/s1. The summed E-state index contributed by atoms with van der Waals surface area (Å²) in [6.07, 6.45) is 0.100. The quantitative estimate of drug-likeness (QED) is 0.942. The summed E-state index contributed by atoms with van der Waals surface area (Å²) in [4.78, 5) is 12.4. The number of carbonyl (C=O) groups excluding carboxylic acids is 1. The molecule has 21 heavy (non-hydrogen) atoms. The van der Waals surface area contributed by atoms with Gasteiger partial charge in [0.1, 0.15) is 11.5 Å². The summed E-state index contributed by atoms with van der Waals surface area (Å²) in [6, 6.07) is 13.4. The average Bonchev–Trinajstić information content (AvgIpc) is 2.91. The van der Waals surface area contributed by atoms with E-state index in [2.05, 4.69) is 5.32 Å². The maximum Gasteiger partial charge on any atom is 0.265 e. The van der Waals surface area contributed by atoms with Gasteiger partial charge in [-0.1, -0.05) is 24.3 Å². The summed E-state index contributed by atoms with van der Waals surface area (Å²) >= 11 is 0. The van der Waals surface area contributed by atoms with Gasteiger partial charge in [-0.3, -0.25) is 4.79 Å². The first-order valence-corrected chi connectivity index (χ1v) is 6.87. The van der Waals surface area contributed by atoms with Gasteiger partial charge in [-0.05, 0) is 36.2 Å². The molecule has 0 fully saturated rings. The molecule has 2 aromatic carbocycles. The minimum absolute atomic E-state index is 0.157. The Bertz CT molecular complexity index is 656. The van der Waals surface area contributed by atoms with Crippen molar-refractivity contribution in [2.75, 3.05) is 12.4 Å². The molecule has 0 bridgehead atoms. The molecule has 0 spiro atoms. The number of amides is 1. The molecular formula is C17H17NO3. The van der Waals surface area contributed by atoms with Crippen LogP contribution in [0.3, 0.4) is 0 Å². The molecule has 3 rings (SSSR count). The molecule has 2 aromatic rings. The molecule has 1 heterocycles. The van der Waals surface area contributed by atoms with Gasteiger partial charge in [0, 0.05) is 6.42 Å². The number of anilines is 1. The molecule has 0 aromatic heterocycles. The van der Waals surface area contributed by atoms with E-state index < -0.39 is 6.10 Å². The second-order valence-corrected chi connectivity index (χ2v) is 5.11. The maximum absolute atomic E-state index is 12.4. The van der Waals surface area contributed by atoms with Crippen molar-refractivity contribution < 1.29 is 14.3 Å². The fourth-order valence-electron chi connectivity index (χ4n) is 2.46. The Hall–Kier alpha value is -2.49. The van der Waals surface area contributed by atoms with Gasteiger partial charge < -0.3 is 14.8 Å². The second kappa shape index (κ2) is 5.48. The van der Waals surface area contributed by atoms with E-state index in [1.54, 1.807) is 7.11 Å². The predicted molar refractivity (Wildman–Crippen MR) is 80.9 cm³/mol. The highest BCUT2D eigenvalue weighted by Crippen LogP contribution is 2.30. The van der Waals surface area contributed by atoms with Gasteiger partial charge >= 0.3 is 0 Å². The fraction of sp³-hybridized carbons (Fsp3) is 0.235. The van der Waals surface area contributed by atoms with Crippen LogP contribution in [0.2, 0.25) is 0 Å². The largest absolute Gasteiger partial charge is 0.495 e. The van der Waals surface area contributed by atoms with Crippen LogP contribution in [-0.4, -0.2) is 19.1 Å². The molecule has 0 saturated carbocycles. The number of rotatable bonds is 3. The minimum Gasteiger partial charge on any atom is -0.495 e. The molecule has 1 N–H and O–H groups in total. The Morgan fingerprint density at radius 3 is 2.86 bits per heavy atom. The number of hydrogen-bond acceptors (Lipinski definition) is 3. The number of aryl methyl sites for hydroxylation is 1. The van der Waals surface area contributed by atoms with Gasteiger partial charge in [-0.15, -0.1) is 0 Å². The summed E-state index contributed by atoms with van der Waals surface area (Å²) in [5.41, 5.74) is 2.79. The zero-order valence-corrected chi connectivity index (χ0v) is 12.1. The number of methoxy groups -OCH3 is 1. The SMILES string of the molecule is COc1ccc(C)cc1NC(=O)[C@@H]1Cc2ccccc2O1. The van der Waals surface area contributed by atoms with Crippen LogP contribution in [0.5, 0.6) is 11.5 Å². The lowest BCUT2D eigenvalue weighted by Crippen LogP contribution is -2.31. The van der Waals surface area contributed by atoms with E-state index in [0.29, 0.717) is 17.9 Å². The Balaban J connectivity index is 1.75. The predicted octanol–water partition coefficient (Wildman–Crippen LogP) is 2.95. The Morgan fingerprint density at radius 1 is 1.29 bits per heavy atom. The van der Waals surface area contributed by atoms with Gasteiger partial charge in [-0.25, -0.2) is 0 Å². The first kappa shape index (κ1) is 13.5. The number of ether oxygens (including phenoxy) is 2. The van der Waals surface area contributed by atoms with Gasteiger partial charge in [0.05, 0.1) is 12.8 Å². The first-order chi connectivity index (χ1) is 10.2. The lowest BCUT2D eigenvalue weighted by molar-refractivity contribution is -0.122. The number of nitrogens with one attached hydrogen (secondary N) is 1. The molecule has 4 nitrogen and oxygen atoms in total. The third kappa shape index (κ3) is 2.70. The lowest BCUT2D eigenvalue weighted by atomic mass is 10.1. The van der Waals surface area contributed by atoms with Crippen molar-refractivity contribution in [3.8, 4) is 11.5 Å². The highest BCUT2D eigenvalue weighted by molar-refractivity contribution is 5.96. The molecular weight excluding hydrogens is 266 g/mol. The molecule has 4 heteroatoms. The summed E-state index contributed by atoms with van der Waals surface area (Å²) in [7, 11) is 1.59. The number of para-hydroxylation sites is 1. The minimum atomic E-state index is -0.493. The molecule has 1 amide bonds. The first-order valence-electron chi connectivity index (χ1n) is 6.87. The van der Waals surface area contributed by atoms with Gasteiger partial charge in [0.2, 0.25) is 0 Å². The Labute approximate surface area is 123 Å². The Morgan fingerprint density at radius 2 is 2.10 bits per heavy atom. The van der Waals surface area contributed by atoms with E-state index in [1.165, 1.54) is 0 Å². The van der Waals surface area contributed by atoms with E-state index in [1.807, 2.05) is 49.4 Å². The summed E-state index contributed by atoms with van der Waals surface area (Å²) in [6.45, 7) is 1.97. The smallest absolute Gasteiger partial charge is 0.265 e. The second-order valence-electron chi connectivity index (χ2n) is 5.11. The number of hydrogen-bond donors (Lipinski definition) is 1. The van der Waals surface area contributed by atoms with Gasteiger partial charge in [-0.2, -0.15) is 0 Å². The zero-order chi connectivity index (χ0) is 14.8. The molecule has 1 aliphatic heterocycles. The number of benzene rings is 2. The molecule has 0 saturated heterocycles. The van der Waals surface area contributed by atoms with Crippen LogP contribution < -0.4 is 14.8 Å². The molecule has 0 radical (unpaired) electrons. The van der Waals surface area contributed by atoms with Gasteiger partial charge in [0.25, 0.3) is 5.91 Å². The monoisotopic (exact) mass is 283 g/mol. The van der Waals surface area contributed by atoms with Crippen LogP contribution in [0, 0.1) is 6.92 Å². The molecule has 108 valence electrons. The maximum atomic E-state index is 12.4. The van der Waals surface area contributed by atoms with Crippen LogP contribution in [-0.2, 0) is 11.2 Å². The van der Waals surface area contributed by atoms with Crippen molar-refractivity contribution in [3.63, 3.8) is 0 Å². The summed E-state index contributed by atoms with van der Waals surface area (Å²) < 4.78 is 11.0. The third-order valence-electron chi connectivity index (χ3n) is 3.55. The fourth-order valence-corrected chi connectivity index (χ4v) is 2.46. The molecule has 1 atom stereocenters. The van der Waals surface area contributed by atoms with Crippen molar-refractivity contribution in [3.05, 3.63) is 53.6 Å². The Kier molecular flexibility index (Phi) is 3.52. The third-order valence-corrected chi connectivity index (χ3v) is 3.55. The zero-order valence-electron chi connectivity index (χ0n) is 12.1. The highest BCUT2D eigenvalue weighted by Gasteiger charge is 2.29. The molecule has 1 aliphatic rings. The molecule has 0 unspecified atom stereocenters. The van der Waals surface area contributed by atoms with E-state index in [-0.39, 0.29) is 5.91 Å². The van der Waals surface area contributed by atoms with Crippen LogP contribution >= 0.6 is 0 Å². The number of carbonyl (C=O) groups is 1. The van der Waals surface area contributed by atoms with E-state index in [4.69, 9.17) is 9.47 Å². The van der Waals surface area contributed by atoms with Crippen molar-refractivity contribution in [1.29, 1.82) is 0 Å². The van der Waals surface area contributed by atoms with Crippen LogP contribution in [0.4, 0.5) is 5.69 Å². The van der Waals surface area contributed by atoms with E-state index in [9.17, 15) is 4.79 Å². The van der Waals surface area contributed by atoms with Crippen LogP contribution in [0.25, 0.3) is 0 Å². The van der Waals surface area contributed by atoms with Crippen LogP contribution in [0.15, 0.2) is 42.5 Å². The topological polar surface area (TPSA) is 47.6 Å². The summed E-state index contributed by atoms with van der Waals surface area (Å²) in [5, 5.41) is 2.89. The normalized spacial score (nSPS) is 16.0. The average molecular weight is 283 g/mol.